The average molecular weight is 279 g/mol. The zero-order chi connectivity index (χ0) is 14.5. The second kappa shape index (κ2) is 6.95. The largest absolute Gasteiger partial charge is 0.493 e. The summed E-state index contributed by atoms with van der Waals surface area (Å²) in [4.78, 5) is 0. The third-order valence-electron chi connectivity index (χ3n) is 4.39. The van der Waals surface area contributed by atoms with E-state index in [1.807, 2.05) is 18.2 Å². The summed E-state index contributed by atoms with van der Waals surface area (Å²) < 4.78 is 10.6. The van der Waals surface area contributed by atoms with Crippen molar-refractivity contribution >= 4 is 0 Å². The van der Waals surface area contributed by atoms with E-state index in [2.05, 4.69) is 0 Å². The van der Waals surface area contributed by atoms with Gasteiger partial charge < -0.3 is 20.3 Å². The Morgan fingerprint density at radius 1 is 1.20 bits per heavy atom. The fourth-order valence-electron chi connectivity index (χ4n) is 3.25. The first-order valence-corrected chi connectivity index (χ1v) is 7.31. The number of hydrogen-bond acceptors (Lipinski definition) is 4. The van der Waals surface area contributed by atoms with Crippen molar-refractivity contribution in [1.82, 2.24) is 0 Å². The van der Waals surface area contributed by atoms with Crippen molar-refractivity contribution in [1.29, 1.82) is 0 Å². The van der Waals surface area contributed by atoms with Gasteiger partial charge in [-0.05, 0) is 43.0 Å². The van der Waals surface area contributed by atoms with Gasteiger partial charge in [0.15, 0.2) is 11.5 Å². The Balaban J connectivity index is 2.26. The first-order chi connectivity index (χ1) is 9.71. The van der Waals surface area contributed by atoms with E-state index in [-0.39, 0.29) is 17.9 Å². The Kier molecular flexibility index (Phi) is 5.26. The lowest BCUT2D eigenvalue weighted by molar-refractivity contribution is 0.0560. The van der Waals surface area contributed by atoms with E-state index in [1.165, 1.54) is 6.42 Å². The number of aliphatic hydroxyl groups excluding tert-OH is 1. The van der Waals surface area contributed by atoms with Gasteiger partial charge in [0.05, 0.1) is 20.3 Å². The van der Waals surface area contributed by atoms with Gasteiger partial charge in [-0.3, -0.25) is 0 Å². The Bertz CT molecular complexity index is 436. The highest BCUT2D eigenvalue weighted by Crippen LogP contribution is 2.38. The smallest absolute Gasteiger partial charge is 0.160 e. The minimum absolute atomic E-state index is 0.171. The van der Waals surface area contributed by atoms with E-state index >= 15 is 0 Å². The molecule has 0 bridgehead atoms. The highest BCUT2D eigenvalue weighted by Gasteiger charge is 2.31. The maximum Gasteiger partial charge on any atom is 0.160 e. The number of hydrogen-bond donors (Lipinski definition) is 2. The van der Waals surface area contributed by atoms with Gasteiger partial charge in [0.1, 0.15) is 0 Å². The third kappa shape index (κ3) is 3.07. The summed E-state index contributed by atoms with van der Waals surface area (Å²) in [6.07, 6.45) is 3.96. The van der Waals surface area contributed by atoms with Crippen molar-refractivity contribution < 1.29 is 14.6 Å². The minimum atomic E-state index is -0.245. The Hall–Kier alpha value is -1.26. The fourth-order valence-corrected chi connectivity index (χ4v) is 3.25. The number of nitrogens with two attached hydrogens (primary N) is 1. The molecular formula is C16H25NO3. The van der Waals surface area contributed by atoms with E-state index in [4.69, 9.17) is 15.2 Å². The second-order valence-electron chi connectivity index (χ2n) is 5.47. The molecule has 3 N–H and O–H groups in total. The molecule has 2 rings (SSSR count). The molecule has 0 saturated heterocycles. The summed E-state index contributed by atoms with van der Waals surface area (Å²) in [6.45, 7) is 0.539. The van der Waals surface area contributed by atoms with Crippen LogP contribution in [0.1, 0.15) is 37.2 Å². The molecule has 20 heavy (non-hydrogen) atoms. The van der Waals surface area contributed by atoms with E-state index < -0.39 is 0 Å². The molecule has 1 aromatic carbocycles. The monoisotopic (exact) mass is 279 g/mol. The van der Waals surface area contributed by atoms with Crippen molar-refractivity contribution in [3.63, 3.8) is 0 Å². The SMILES string of the molecule is COc1ccc([C@H](CN)[C@H]2CCCC[C@H]2O)cc1OC. The highest BCUT2D eigenvalue weighted by atomic mass is 16.5. The van der Waals surface area contributed by atoms with Crippen LogP contribution in [-0.4, -0.2) is 32.0 Å². The van der Waals surface area contributed by atoms with Gasteiger partial charge in [0.25, 0.3) is 0 Å². The van der Waals surface area contributed by atoms with E-state index in [1.54, 1.807) is 14.2 Å². The van der Waals surface area contributed by atoms with E-state index in [0.29, 0.717) is 12.3 Å². The summed E-state index contributed by atoms with van der Waals surface area (Å²) in [5.41, 5.74) is 7.10. The normalized spacial score (nSPS) is 24.2. The van der Waals surface area contributed by atoms with Gasteiger partial charge in [-0.15, -0.1) is 0 Å². The summed E-state index contributed by atoms with van der Waals surface area (Å²) in [7, 11) is 3.26. The lowest BCUT2D eigenvalue weighted by atomic mass is 9.75. The van der Waals surface area contributed by atoms with Crippen molar-refractivity contribution in [2.24, 2.45) is 11.7 Å². The van der Waals surface area contributed by atoms with Crippen molar-refractivity contribution in [3.8, 4) is 11.5 Å². The molecule has 0 amide bonds. The molecule has 0 aliphatic heterocycles. The van der Waals surface area contributed by atoms with Crippen molar-refractivity contribution in [2.75, 3.05) is 20.8 Å². The van der Waals surface area contributed by atoms with Crippen LogP contribution in [0.5, 0.6) is 11.5 Å². The number of aliphatic hydroxyl groups is 1. The van der Waals surface area contributed by atoms with Gasteiger partial charge in [-0.2, -0.15) is 0 Å². The van der Waals surface area contributed by atoms with Gasteiger partial charge in [0, 0.05) is 5.92 Å². The maximum absolute atomic E-state index is 10.2. The first-order valence-electron chi connectivity index (χ1n) is 7.31. The molecule has 1 aromatic rings. The number of rotatable bonds is 5. The topological polar surface area (TPSA) is 64.7 Å². The quantitative estimate of drug-likeness (QED) is 0.868. The molecule has 0 spiro atoms. The molecule has 0 heterocycles. The standard InChI is InChI=1S/C16H25NO3/c1-19-15-8-7-11(9-16(15)20-2)13(10-17)12-5-3-4-6-14(12)18/h7-9,12-14,18H,3-6,10,17H2,1-2H3/t12-,13+,14-/m1/s1. The summed E-state index contributed by atoms with van der Waals surface area (Å²) >= 11 is 0. The van der Waals surface area contributed by atoms with Crippen LogP contribution in [0.3, 0.4) is 0 Å². The van der Waals surface area contributed by atoms with Crippen LogP contribution in [0, 0.1) is 5.92 Å². The summed E-state index contributed by atoms with van der Waals surface area (Å²) in [6, 6.07) is 5.92. The Morgan fingerprint density at radius 2 is 1.90 bits per heavy atom. The molecule has 1 aliphatic rings. The average Bonchev–Trinajstić information content (AvgIpc) is 2.49. The van der Waals surface area contributed by atoms with Crippen LogP contribution in [0.2, 0.25) is 0 Å². The van der Waals surface area contributed by atoms with Crippen LogP contribution in [0.25, 0.3) is 0 Å². The van der Waals surface area contributed by atoms with E-state index in [9.17, 15) is 5.11 Å². The van der Waals surface area contributed by atoms with E-state index in [0.717, 1.165) is 30.6 Å². The molecule has 3 atom stereocenters. The van der Waals surface area contributed by atoms with Gasteiger partial charge in [-0.1, -0.05) is 18.9 Å². The molecule has 4 heteroatoms. The first kappa shape index (κ1) is 15.1. The molecule has 112 valence electrons. The minimum Gasteiger partial charge on any atom is -0.493 e. The zero-order valence-corrected chi connectivity index (χ0v) is 12.3. The predicted molar refractivity (Wildman–Crippen MR) is 79.3 cm³/mol. The highest BCUT2D eigenvalue weighted by molar-refractivity contribution is 5.44. The molecular weight excluding hydrogens is 254 g/mol. The second-order valence-corrected chi connectivity index (χ2v) is 5.47. The molecule has 1 fully saturated rings. The van der Waals surface area contributed by atoms with Crippen LogP contribution < -0.4 is 15.2 Å². The summed E-state index contributed by atoms with van der Waals surface area (Å²) in [5, 5.41) is 10.2. The van der Waals surface area contributed by atoms with Crippen molar-refractivity contribution in [3.05, 3.63) is 23.8 Å². The summed E-state index contributed by atoms with van der Waals surface area (Å²) in [5.74, 6) is 1.85. The van der Waals surface area contributed by atoms with Crippen LogP contribution in [0.15, 0.2) is 18.2 Å². The lowest BCUT2D eigenvalue weighted by Gasteiger charge is -2.34. The van der Waals surface area contributed by atoms with Gasteiger partial charge in [-0.25, -0.2) is 0 Å². The third-order valence-corrected chi connectivity index (χ3v) is 4.39. The number of ether oxygens (including phenoxy) is 2. The molecule has 0 aromatic heterocycles. The molecule has 0 radical (unpaired) electrons. The molecule has 1 aliphatic carbocycles. The Morgan fingerprint density at radius 3 is 2.50 bits per heavy atom. The zero-order valence-electron chi connectivity index (χ0n) is 12.3. The Labute approximate surface area is 120 Å². The number of methoxy groups -OCH3 is 2. The van der Waals surface area contributed by atoms with Crippen molar-refractivity contribution in [2.45, 2.75) is 37.7 Å². The molecule has 4 nitrogen and oxygen atoms in total. The maximum atomic E-state index is 10.2. The van der Waals surface area contributed by atoms with Crippen LogP contribution in [0.4, 0.5) is 0 Å². The van der Waals surface area contributed by atoms with Crippen LogP contribution in [-0.2, 0) is 0 Å². The van der Waals surface area contributed by atoms with Crippen LogP contribution >= 0.6 is 0 Å². The number of benzene rings is 1. The molecule has 1 saturated carbocycles. The van der Waals surface area contributed by atoms with Gasteiger partial charge >= 0.3 is 0 Å². The lowest BCUT2D eigenvalue weighted by Crippen LogP contribution is -2.33. The molecule has 0 unspecified atom stereocenters. The van der Waals surface area contributed by atoms with Gasteiger partial charge in [0.2, 0.25) is 0 Å². The predicted octanol–water partition coefficient (Wildman–Crippen LogP) is 2.30. The fraction of sp³-hybridized carbons (Fsp3) is 0.625.